The van der Waals surface area contributed by atoms with Crippen molar-refractivity contribution in [2.75, 3.05) is 37.6 Å². The molecule has 0 spiro atoms. The smallest absolute Gasteiger partial charge is 0.433 e. The minimum atomic E-state index is -4.51. The van der Waals surface area contributed by atoms with Crippen LogP contribution in [0.4, 0.5) is 19.1 Å². The van der Waals surface area contributed by atoms with E-state index in [1.54, 1.807) is 4.90 Å². The molecule has 0 bridgehead atoms. The molecule has 0 aliphatic carbocycles. The number of Topliss-reactive ketones (excluding diaryl/α,β-unsaturated/α-hetero) is 1. The van der Waals surface area contributed by atoms with Crippen molar-refractivity contribution in [3.05, 3.63) is 71.5 Å². The maximum atomic E-state index is 13.0. The quantitative estimate of drug-likeness (QED) is 0.323. The van der Waals surface area contributed by atoms with E-state index in [2.05, 4.69) is 34.9 Å². The maximum Gasteiger partial charge on any atom is 0.433 e. The van der Waals surface area contributed by atoms with Crippen LogP contribution in [-0.2, 0) is 17.4 Å². The van der Waals surface area contributed by atoms with Gasteiger partial charge in [-0.2, -0.15) is 13.2 Å². The van der Waals surface area contributed by atoms with Crippen molar-refractivity contribution < 1.29 is 22.4 Å². The highest BCUT2D eigenvalue weighted by molar-refractivity contribution is 5.83. The Morgan fingerprint density at radius 2 is 1.74 bits per heavy atom. The number of benzene rings is 2. The Kier molecular flexibility index (Phi) is 7.16. The molecule has 0 amide bonds. The number of fused-ring (bicyclic) bond motifs is 1. The van der Waals surface area contributed by atoms with E-state index in [9.17, 15) is 18.0 Å². The third-order valence-electron chi connectivity index (χ3n) is 6.66. The number of piperazine rings is 1. The molecule has 3 heterocycles. The summed E-state index contributed by atoms with van der Waals surface area (Å²) in [4.78, 5) is 28.7. The van der Waals surface area contributed by atoms with Crippen molar-refractivity contribution in [1.82, 2.24) is 19.9 Å². The van der Waals surface area contributed by atoms with E-state index in [0.717, 1.165) is 40.1 Å². The number of carbonyl (C=O) groups excluding carboxylic acids is 1. The lowest BCUT2D eigenvalue weighted by molar-refractivity contribution is -0.141. The summed E-state index contributed by atoms with van der Waals surface area (Å²) in [5.41, 5.74) is 3.53. The number of hydrogen-bond acceptors (Lipinski definition) is 7. The van der Waals surface area contributed by atoms with Gasteiger partial charge < -0.3 is 9.32 Å². The molecule has 7 nitrogen and oxygen atoms in total. The van der Waals surface area contributed by atoms with Gasteiger partial charge in [0, 0.05) is 44.4 Å². The molecule has 198 valence electrons. The van der Waals surface area contributed by atoms with Crippen LogP contribution in [0.1, 0.15) is 36.6 Å². The van der Waals surface area contributed by atoms with E-state index in [-0.39, 0.29) is 18.3 Å². The highest BCUT2D eigenvalue weighted by Gasteiger charge is 2.33. The van der Waals surface area contributed by atoms with Crippen LogP contribution in [0.15, 0.2) is 59.1 Å². The Bertz CT molecular complexity index is 1420. The van der Waals surface area contributed by atoms with Crippen molar-refractivity contribution in [3.8, 4) is 11.5 Å². The van der Waals surface area contributed by atoms with Crippen molar-refractivity contribution in [2.24, 2.45) is 0 Å². The number of alkyl halides is 3. The second-order valence-electron chi connectivity index (χ2n) is 9.78. The lowest BCUT2D eigenvalue weighted by Gasteiger charge is -2.34. The average Bonchev–Trinajstić information content (AvgIpc) is 3.33. The van der Waals surface area contributed by atoms with E-state index < -0.39 is 11.9 Å². The number of para-hydroxylation sites is 1. The lowest BCUT2D eigenvalue weighted by Crippen LogP contribution is -2.48. The first-order valence-electron chi connectivity index (χ1n) is 12.6. The lowest BCUT2D eigenvalue weighted by atomic mass is 10.0. The minimum Gasteiger partial charge on any atom is -0.436 e. The molecule has 2 aromatic carbocycles. The van der Waals surface area contributed by atoms with Gasteiger partial charge in [-0.1, -0.05) is 38.1 Å². The monoisotopic (exact) mass is 523 g/mol. The molecule has 38 heavy (non-hydrogen) atoms. The Balaban J connectivity index is 1.16. The molecule has 1 aliphatic rings. The van der Waals surface area contributed by atoms with Gasteiger partial charge in [0.25, 0.3) is 0 Å². The standard InChI is InChI=1S/C28H28F3N5O2/c1-18(2)22-4-3-5-23-25(22)38-26(33-23)20-8-6-19(7-9-20)16-21(37)17-35-12-14-36(15-13-35)27-32-11-10-24(34-27)28(29,30)31/h3-11,18H,12-17H2,1-2H3. The molecule has 0 atom stereocenters. The number of hydrogen-bond donors (Lipinski definition) is 0. The third-order valence-corrected chi connectivity index (χ3v) is 6.66. The summed E-state index contributed by atoms with van der Waals surface area (Å²) >= 11 is 0. The summed E-state index contributed by atoms with van der Waals surface area (Å²) < 4.78 is 44.9. The fourth-order valence-electron chi connectivity index (χ4n) is 4.61. The van der Waals surface area contributed by atoms with Crippen LogP contribution in [0.25, 0.3) is 22.6 Å². The molecule has 0 N–H and O–H groups in total. The summed E-state index contributed by atoms with van der Waals surface area (Å²) in [5.74, 6) is 1.01. The van der Waals surface area contributed by atoms with Gasteiger partial charge in [-0.3, -0.25) is 9.69 Å². The fourth-order valence-corrected chi connectivity index (χ4v) is 4.61. The molecule has 1 fully saturated rings. The van der Waals surface area contributed by atoms with Gasteiger partial charge >= 0.3 is 6.18 Å². The second-order valence-corrected chi connectivity index (χ2v) is 9.78. The van der Waals surface area contributed by atoms with Gasteiger partial charge in [0.05, 0.1) is 6.54 Å². The summed E-state index contributed by atoms with van der Waals surface area (Å²) in [7, 11) is 0. The van der Waals surface area contributed by atoms with Gasteiger partial charge in [-0.05, 0) is 41.3 Å². The highest BCUT2D eigenvalue weighted by atomic mass is 19.4. The Morgan fingerprint density at radius 1 is 1.00 bits per heavy atom. The third kappa shape index (κ3) is 5.70. The van der Waals surface area contributed by atoms with Crippen molar-refractivity contribution in [3.63, 3.8) is 0 Å². The van der Waals surface area contributed by atoms with E-state index >= 15 is 0 Å². The first-order valence-corrected chi connectivity index (χ1v) is 12.6. The summed E-state index contributed by atoms with van der Waals surface area (Å²) in [5, 5.41) is 0. The second kappa shape index (κ2) is 10.5. The summed E-state index contributed by atoms with van der Waals surface area (Å²) in [6, 6.07) is 14.5. The van der Waals surface area contributed by atoms with Crippen molar-refractivity contribution in [2.45, 2.75) is 32.4 Å². The minimum absolute atomic E-state index is 0.0604. The molecule has 0 saturated carbocycles. The number of ketones is 1. The Morgan fingerprint density at radius 3 is 2.42 bits per heavy atom. The molecule has 10 heteroatoms. The maximum absolute atomic E-state index is 13.0. The predicted molar refractivity (Wildman–Crippen MR) is 138 cm³/mol. The first-order chi connectivity index (χ1) is 18.2. The topological polar surface area (TPSA) is 75.4 Å². The molecular weight excluding hydrogens is 495 g/mol. The van der Waals surface area contributed by atoms with Crippen molar-refractivity contribution in [1.29, 1.82) is 0 Å². The van der Waals surface area contributed by atoms with E-state index in [1.165, 1.54) is 0 Å². The van der Waals surface area contributed by atoms with Crippen LogP contribution < -0.4 is 4.90 Å². The molecular formula is C28H28F3N5O2. The van der Waals surface area contributed by atoms with Gasteiger partial charge in [0.1, 0.15) is 11.2 Å². The number of nitrogens with zero attached hydrogens (tertiary/aromatic N) is 5. The van der Waals surface area contributed by atoms with Crippen LogP contribution in [-0.4, -0.2) is 58.4 Å². The SMILES string of the molecule is CC(C)c1cccc2nc(-c3ccc(CC(=O)CN4CCN(c5nccc(C(F)(F)F)n5)CC4)cc3)oc12. The average molecular weight is 524 g/mol. The zero-order valence-electron chi connectivity index (χ0n) is 21.2. The number of halogens is 3. The zero-order valence-corrected chi connectivity index (χ0v) is 21.2. The summed E-state index contributed by atoms with van der Waals surface area (Å²) in [6.45, 7) is 6.50. The van der Waals surface area contributed by atoms with Crippen molar-refractivity contribution >= 4 is 22.8 Å². The molecule has 0 radical (unpaired) electrons. The first kappa shape index (κ1) is 25.8. The van der Waals surface area contributed by atoms with E-state index in [1.807, 2.05) is 41.3 Å². The molecule has 1 saturated heterocycles. The van der Waals surface area contributed by atoms with Gasteiger partial charge in [0.15, 0.2) is 11.4 Å². The number of carbonyl (C=O) groups is 1. The predicted octanol–water partition coefficient (Wildman–Crippen LogP) is 5.36. The molecule has 5 rings (SSSR count). The number of aromatic nitrogens is 3. The zero-order chi connectivity index (χ0) is 26.9. The van der Waals surface area contributed by atoms with Crippen LogP contribution in [0.5, 0.6) is 0 Å². The summed E-state index contributed by atoms with van der Waals surface area (Å²) in [6.07, 6.45) is -3.09. The van der Waals surface area contributed by atoms with Gasteiger partial charge in [0.2, 0.25) is 11.8 Å². The normalized spacial score (nSPS) is 14.9. The van der Waals surface area contributed by atoms with E-state index in [0.29, 0.717) is 44.4 Å². The van der Waals surface area contributed by atoms with E-state index in [4.69, 9.17) is 4.42 Å². The number of rotatable bonds is 7. The number of oxazole rings is 1. The van der Waals surface area contributed by atoms with Crippen LogP contribution >= 0.6 is 0 Å². The molecule has 1 aliphatic heterocycles. The number of anilines is 1. The Labute approximate surface area is 218 Å². The molecule has 2 aromatic heterocycles. The molecule has 4 aromatic rings. The highest BCUT2D eigenvalue weighted by Crippen LogP contribution is 2.30. The fraction of sp³-hybridized carbons (Fsp3) is 0.357. The Hall–Kier alpha value is -3.79. The van der Waals surface area contributed by atoms with Crippen LogP contribution in [0, 0.1) is 0 Å². The van der Waals surface area contributed by atoms with Gasteiger partial charge in [-0.25, -0.2) is 15.0 Å². The van der Waals surface area contributed by atoms with Crippen LogP contribution in [0.3, 0.4) is 0 Å². The van der Waals surface area contributed by atoms with Gasteiger partial charge in [-0.15, -0.1) is 0 Å². The van der Waals surface area contributed by atoms with Crippen LogP contribution in [0.2, 0.25) is 0 Å². The largest absolute Gasteiger partial charge is 0.436 e. The molecule has 0 unspecified atom stereocenters.